The Morgan fingerprint density at radius 2 is 1.38 bits per heavy atom. The van der Waals surface area contributed by atoms with E-state index >= 15 is 0 Å². The molecule has 2 radical (unpaired) electrons. The summed E-state index contributed by atoms with van der Waals surface area (Å²) in [7, 11) is -1.98. The second-order valence-corrected chi connectivity index (χ2v) is 16.4. The summed E-state index contributed by atoms with van der Waals surface area (Å²) >= 11 is 0. The first-order valence-corrected chi connectivity index (χ1v) is 14.4. The Balaban J connectivity index is 4.17. The Labute approximate surface area is 106 Å². The molecule has 0 N–H and O–H groups in total. The zero-order valence-electron chi connectivity index (χ0n) is 12.0. The minimum Gasteiger partial charge on any atom is -0.394 e. The van der Waals surface area contributed by atoms with Gasteiger partial charge in [-0.05, 0) is 45.3 Å². The fourth-order valence-electron chi connectivity index (χ4n) is 1.29. The first-order valence-electron chi connectivity index (χ1n) is 6.20. The lowest BCUT2D eigenvalue weighted by Gasteiger charge is -2.31. The highest BCUT2D eigenvalue weighted by Crippen LogP contribution is 2.17. The summed E-state index contributed by atoms with van der Waals surface area (Å²) in [5.74, 6) is 0. The van der Waals surface area contributed by atoms with Gasteiger partial charge < -0.3 is 8.85 Å². The fraction of sp³-hybridized carbons (Fsp3) is 1.00. The van der Waals surface area contributed by atoms with Gasteiger partial charge >= 0.3 is 0 Å². The molecule has 0 aromatic rings. The Morgan fingerprint density at radius 3 is 1.69 bits per heavy atom. The van der Waals surface area contributed by atoms with Crippen LogP contribution in [0.15, 0.2) is 0 Å². The van der Waals surface area contributed by atoms with Crippen LogP contribution in [0.3, 0.4) is 0 Å². The van der Waals surface area contributed by atoms with Crippen LogP contribution in [-0.2, 0) is 8.85 Å². The summed E-state index contributed by atoms with van der Waals surface area (Å²) in [5.41, 5.74) is 0. The predicted octanol–water partition coefficient (Wildman–Crippen LogP) is 3.97. The van der Waals surface area contributed by atoms with Gasteiger partial charge in [0, 0.05) is 9.52 Å². The maximum absolute atomic E-state index is 6.12. The molecule has 0 aliphatic heterocycles. The molecular weight excluding hydrogens is 248 g/mol. The Morgan fingerprint density at radius 1 is 0.938 bits per heavy atom. The molecule has 0 saturated heterocycles. The van der Waals surface area contributed by atoms with E-state index in [0.717, 1.165) is 15.6 Å². The zero-order valence-corrected chi connectivity index (χ0v) is 15.0. The molecule has 0 unspecified atom stereocenters. The standard InChI is InChI=1S/C11H28O2Si3/c1-8-9-14-10-11(12-15(2,3)4)13-16(5,6)7/h11H,8-10H2,1-7H3. The molecule has 0 fully saturated rings. The van der Waals surface area contributed by atoms with Gasteiger partial charge in [0.1, 0.15) is 6.29 Å². The normalized spacial score (nSPS) is 13.5. The van der Waals surface area contributed by atoms with Crippen molar-refractivity contribution in [2.75, 3.05) is 0 Å². The average Bonchev–Trinajstić information content (AvgIpc) is 1.97. The van der Waals surface area contributed by atoms with Crippen LogP contribution in [0.1, 0.15) is 13.3 Å². The number of rotatable bonds is 8. The minimum atomic E-state index is -1.48. The lowest BCUT2D eigenvalue weighted by molar-refractivity contribution is 0.00930. The monoisotopic (exact) mass is 276 g/mol. The molecule has 0 rings (SSSR count). The second-order valence-electron chi connectivity index (χ2n) is 6.09. The predicted molar refractivity (Wildman–Crippen MR) is 78.3 cm³/mol. The van der Waals surface area contributed by atoms with Gasteiger partial charge in [0.2, 0.25) is 0 Å². The topological polar surface area (TPSA) is 18.5 Å². The summed E-state index contributed by atoms with van der Waals surface area (Å²) in [6.07, 6.45) is 1.33. The van der Waals surface area contributed by atoms with Gasteiger partial charge in [0.25, 0.3) is 0 Å². The summed E-state index contributed by atoms with van der Waals surface area (Å²) in [4.78, 5) is 0. The Hall–Kier alpha value is 0.571. The van der Waals surface area contributed by atoms with Gasteiger partial charge in [-0.3, -0.25) is 0 Å². The summed E-state index contributed by atoms with van der Waals surface area (Å²) in [6.45, 7) is 15.6. The van der Waals surface area contributed by atoms with E-state index in [1.54, 1.807) is 0 Å². The molecule has 16 heavy (non-hydrogen) atoms. The van der Waals surface area contributed by atoms with E-state index in [9.17, 15) is 0 Å². The van der Waals surface area contributed by atoms with E-state index in [1.165, 1.54) is 12.5 Å². The van der Waals surface area contributed by atoms with Crippen LogP contribution in [0.25, 0.3) is 0 Å². The number of hydrogen-bond donors (Lipinski definition) is 0. The van der Waals surface area contributed by atoms with Crippen molar-refractivity contribution in [3.8, 4) is 0 Å². The van der Waals surface area contributed by atoms with E-state index in [4.69, 9.17) is 8.85 Å². The van der Waals surface area contributed by atoms with Crippen LogP contribution in [0, 0.1) is 0 Å². The average molecular weight is 277 g/mol. The van der Waals surface area contributed by atoms with Gasteiger partial charge in [-0.1, -0.05) is 19.4 Å². The van der Waals surface area contributed by atoms with E-state index in [0.29, 0.717) is 0 Å². The molecule has 0 aliphatic rings. The van der Waals surface area contributed by atoms with E-state index in [-0.39, 0.29) is 6.29 Å². The van der Waals surface area contributed by atoms with Crippen molar-refractivity contribution in [1.82, 2.24) is 0 Å². The van der Waals surface area contributed by atoms with Gasteiger partial charge in [-0.15, -0.1) is 0 Å². The molecule has 96 valence electrons. The third-order valence-electron chi connectivity index (χ3n) is 1.71. The van der Waals surface area contributed by atoms with Crippen LogP contribution in [0.5, 0.6) is 0 Å². The van der Waals surface area contributed by atoms with Crippen molar-refractivity contribution in [3.63, 3.8) is 0 Å². The van der Waals surface area contributed by atoms with Gasteiger partial charge in [-0.2, -0.15) is 0 Å². The minimum absolute atomic E-state index is 0.0585. The van der Waals surface area contributed by atoms with Crippen molar-refractivity contribution in [1.29, 1.82) is 0 Å². The molecule has 0 heterocycles. The van der Waals surface area contributed by atoms with Crippen molar-refractivity contribution >= 4 is 26.2 Å². The van der Waals surface area contributed by atoms with Crippen LogP contribution in [0.4, 0.5) is 0 Å². The molecule has 0 bridgehead atoms. The van der Waals surface area contributed by atoms with Crippen LogP contribution in [-0.4, -0.2) is 32.4 Å². The first kappa shape index (κ1) is 16.6. The molecule has 0 aromatic heterocycles. The maximum atomic E-state index is 6.12. The Bertz CT molecular complexity index is 169. The van der Waals surface area contributed by atoms with Crippen LogP contribution < -0.4 is 0 Å². The van der Waals surface area contributed by atoms with Gasteiger partial charge in [0.15, 0.2) is 16.6 Å². The quantitative estimate of drug-likeness (QED) is 0.379. The van der Waals surface area contributed by atoms with Crippen molar-refractivity contribution < 1.29 is 8.85 Å². The third kappa shape index (κ3) is 11.1. The smallest absolute Gasteiger partial charge is 0.187 e. The fourth-order valence-corrected chi connectivity index (χ4v) is 4.52. The van der Waals surface area contributed by atoms with Crippen molar-refractivity contribution in [2.45, 2.75) is 71.0 Å². The number of hydrogen-bond acceptors (Lipinski definition) is 2. The maximum Gasteiger partial charge on any atom is 0.187 e. The molecule has 2 nitrogen and oxygen atoms in total. The zero-order chi connectivity index (χ0) is 12.8. The lowest BCUT2D eigenvalue weighted by Crippen LogP contribution is -2.40. The summed E-state index contributed by atoms with van der Waals surface area (Å²) in [5, 5.41) is 0. The summed E-state index contributed by atoms with van der Waals surface area (Å²) < 4.78 is 12.2. The van der Waals surface area contributed by atoms with Crippen LogP contribution >= 0.6 is 0 Å². The molecule has 0 spiro atoms. The van der Waals surface area contributed by atoms with Crippen molar-refractivity contribution in [2.24, 2.45) is 0 Å². The van der Waals surface area contributed by atoms with Gasteiger partial charge in [0.05, 0.1) is 0 Å². The third-order valence-corrected chi connectivity index (χ3v) is 5.12. The highest BCUT2D eigenvalue weighted by molar-refractivity contribution is 6.70. The highest BCUT2D eigenvalue weighted by Gasteiger charge is 2.26. The molecular formula is C11H28O2Si3. The molecule has 0 saturated carbocycles. The highest BCUT2D eigenvalue weighted by atomic mass is 28.4. The first-order chi connectivity index (χ1) is 7.14. The Kier molecular flexibility index (Phi) is 7.36. The molecule has 0 aliphatic carbocycles. The van der Waals surface area contributed by atoms with Crippen LogP contribution in [0.2, 0.25) is 51.4 Å². The van der Waals surface area contributed by atoms with E-state index < -0.39 is 16.6 Å². The molecule has 0 aromatic carbocycles. The van der Waals surface area contributed by atoms with E-state index in [2.05, 4.69) is 46.2 Å². The van der Waals surface area contributed by atoms with Crippen molar-refractivity contribution in [3.05, 3.63) is 0 Å². The summed E-state index contributed by atoms with van der Waals surface area (Å²) in [6, 6.07) is 2.39. The second kappa shape index (κ2) is 7.10. The molecule has 0 atom stereocenters. The van der Waals surface area contributed by atoms with E-state index in [1.807, 2.05) is 0 Å². The SMILES string of the molecule is CCC[Si]CC(O[Si](C)(C)C)O[Si](C)(C)C. The largest absolute Gasteiger partial charge is 0.394 e. The molecule has 5 heteroatoms. The lowest BCUT2D eigenvalue weighted by atomic mass is 10.6. The van der Waals surface area contributed by atoms with Gasteiger partial charge in [-0.25, -0.2) is 0 Å². The molecule has 0 amide bonds.